The van der Waals surface area contributed by atoms with E-state index in [1.807, 2.05) is 12.1 Å². The molecule has 0 saturated carbocycles. The number of rotatable bonds is 6. The fourth-order valence-electron chi connectivity index (χ4n) is 1.61. The van der Waals surface area contributed by atoms with Crippen molar-refractivity contribution in [3.63, 3.8) is 0 Å². The van der Waals surface area contributed by atoms with Crippen molar-refractivity contribution in [2.75, 3.05) is 12.4 Å². The molecule has 7 heteroatoms. The first-order valence-corrected chi connectivity index (χ1v) is 6.77. The van der Waals surface area contributed by atoms with Crippen LogP contribution >= 0.6 is 22.6 Å². The largest absolute Gasteiger partial charge is 0.493 e. The molecule has 2 rings (SSSR count). The van der Waals surface area contributed by atoms with Gasteiger partial charge in [0.25, 0.3) is 0 Å². The molecule has 0 bridgehead atoms. The third-order valence-electron chi connectivity index (χ3n) is 2.48. The van der Waals surface area contributed by atoms with Gasteiger partial charge in [0, 0.05) is 11.8 Å². The van der Waals surface area contributed by atoms with E-state index in [1.54, 1.807) is 12.1 Å². The van der Waals surface area contributed by atoms with Crippen LogP contribution in [0.5, 0.6) is 11.5 Å². The number of furan rings is 1. The van der Waals surface area contributed by atoms with Gasteiger partial charge in [-0.1, -0.05) is 0 Å². The van der Waals surface area contributed by atoms with Gasteiger partial charge in [0.1, 0.15) is 5.76 Å². The van der Waals surface area contributed by atoms with Crippen LogP contribution in [0.1, 0.15) is 5.76 Å². The molecule has 20 heavy (non-hydrogen) atoms. The van der Waals surface area contributed by atoms with E-state index in [0.717, 1.165) is 9.53 Å². The van der Waals surface area contributed by atoms with Gasteiger partial charge in [0.05, 0.1) is 13.7 Å². The minimum absolute atomic E-state index is 0.0125. The predicted molar refractivity (Wildman–Crippen MR) is 78.4 cm³/mol. The van der Waals surface area contributed by atoms with Crippen LogP contribution in [0.3, 0.4) is 0 Å². The molecule has 0 fully saturated rings. The lowest BCUT2D eigenvalue weighted by Crippen LogP contribution is -2.05. The Hall–Kier alpha value is -1.51. The SMILES string of the molecule is COc1ccc(NCc2ccc(I)o2)cc1OC(F)F. The quantitative estimate of drug-likeness (QED) is 0.748. The van der Waals surface area contributed by atoms with Crippen molar-refractivity contribution in [1.82, 2.24) is 0 Å². The Balaban J connectivity index is 2.07. The van der Waals surface area contributed by atoms with Crippen LogP contribution in [-0.4, -0.2) is 13.7 Å². The van der Waals surface area contributed by atoms with Crippen LogP contribution in [0.25, 0.3) is 0 Å². The van der Waals surface area contributed by atoms with Crippen LogP contribution in [0.4, 0.5) is 14.5 Å². The molecule has 0 saturated heterocycles. The number of benzene rings is 1. The highest BCUT2D eigenvalue weighted by atomic mass is 127. The molecule has 0 radical (unpaired) electrons. The molecule has 2 aromatic rings. The van der Waals surface area contributed by atoms with E-state index in [0.29, 0.717) is 12.2 Å². The smallest absolute Gasteiger partial charge is 0.387 e. The Bertz CT molecular complexity index is 574. The predicted octanol–water partition coefficient (Wildman–Crippen LogP) is 4.11. The minimum atomic E-state index is -2.90. The maximum atomic E-state index is 12.3. The number of alkyl halides is 2. The summed E-state index contributed by atoms with van der Waals surface area (Å²) >= 11 is 2.07. The number of nitrogens with one attached hydrogen (secondary N) is 1. The number of halogens is 3. The first-order valence-electron chi connectivity index (χ1n) is 5.69. The molecule has 0 aliphatic heterocycles. The molecular weight excluding hydrogens is 383 g/mol. The van der Waals surface area contributed by atoms with Crippen molar-refractivity contribution in [2.24, 2.45) is 0 Å². The molecule has 0 atom stereocenters. The first-order chi connectivity index (χ1) is 9.58. The molecule has 0 unspecified atom stereocenters. The van der Waals surface area contributed by atoms with Crippen molar-refractivity contribution < 1.29 is 22.7 Å². The molecule has 1 heterocycles. The first kappa shape index (κ1) is 14.9. The molecular formula is C13H12F2INO3. The third kappa shape index (κ3) is 3.99. The topological polar surface area (TPSA) is 43.6 Å². The van der Waals surface area contributed by atoms with Crippen LogP contribution in [0.2, 0.25) is 0 Å². The van der Waals surface area contributed by atoms with Crippen LogP contribution in [-0.2, 0) is 6.54 Å². The Morgan fingerprint density at radius 1 is 1.25 bits per heavy atom. The van der Waals surface area contributed by atoms with Crippen molar-refractivity contribution in [3.8, 4) is 11.5 Å². The van der Waals surface area contributed by atoms with E-state index in [-0.39, 0.29) is 11.5 Å². The van der Waals surface area contributed by atoms with Crippen LogP contribution in [0, 0.1) is 3.77 Å². The van der Waals surface area contributed by atoms with Crippen molar-refractivity contribution in [1.29, 1.82) is 0 Å². The highest BCUT2D eigenvalue weighted by Gasteiger charge is 2.11. The summed E-state index contributed by atoms with van der Waals surface area (Å²) in [4.78, 5) is 0. The molecule has 4 nitrogen and oxygen atoms in total. The summed E-state index contributed by atoms with van der Waals surface area (Å²) in [5.74, 6) is 0.992. The normalized spacial score (nSPS) is 10.7. The summed E-state index contributed by atoms with van der Waals surface area (Å²) in [6.07, 6.45) is 0. The molecule has 1 aromatic carbocycles. The summed E-state index contributed by atoms with van der Waals surface area (Å²) < 4.78 is 40.2. The van der Waals surface area contributed by atoms with Gasteiger partial charge >= 0.3 is 6.61 Å². The van der Waals surface area contributed by atoms with Crippen LogP contribution in [0.15, 0.2) is 34.7 Å². The standard InChI is InChI=1S/C13H12F2INO3/c1-18-10-4-2-8(6-11(10)20-13(14)15)17-7-9-3-5-12(16)19-9/h2-6,13,17H,7H2,1H3. The molecule has 0 aliphatic rings. The van der Waals surface area contributed by atoms with E-state index in [1.165, 1.54) is 13.2 Å². The zero-order valence-corrected chi connectivity index (χ0v) is 12.7. The zero-order chi connectivity index (χ0) is 14.5. The Morgan fingerprint density at radius 3 is 2.65 bits per heavy atom. The van der Waals surface area contributed by atoms with Crippen molar-refractivity contribution >= 4 is 28.3 Å². The van der Waals surface area contributed by atoms with Gasteiger partial charge in [-0.3, -0.25) is 0 Å². The fraction of sp³-hybridized carbons (Fsp3) is 0.231. The Kier molecular flexibility index (Phi) is 5.05. The van der Waals surface area contributed by atoms with Gasteiger partial charge in [-0.2, -0.15) is 8.78 Å². The van der Waals surface area contributed by atoms with E-state index < -0.39 is 6.61 Å². The minimum Gasteiger partial charge on any atom is -0.493 e. The van der Waals surface area contributed by atoms with Gasteiger partial charge in [-0.05, 0) is 46.9 Å². The summed E-state index contributed by atoms with van der Waals surface area (Å²) in [5, 5.41) is 3.06. The second-order valence-electron chi connectivity index (χ2n) is 3.80. The van der Waals surface area contributed by atoms with Crippen molar-refractivity contribution in [2.45, 2.75) is 13.2 Å². The zero-order valence-electron chi connectivity index (χ0n) is 10.5. The lowest BCUT2D eigenvalue weighted by molar-refractivity contribution is -0.0511. The number of methoxy groups -OCH3 is 1. The summed E-state index contributed by atoms with van der Waals surface area (Å²) in [6.45, 7) is -2.45. The van der Waals surface area contributed by atoms with E-state index >= 15 is 0 Å². The monoisotopic (exact) mass is 395 g/mol. The molecule has 1 N–H and O–H groups in total. The fourth-order valence-corrected chi connectivity index (χ4v) is 2.07. The van der Waals surface area contributed by atoms with Gasteiger partial charge in [0.15, 0.2) is 15.3 Å². The lowest BCUT2D eigenvalue weighted by atomic mass is 10.2. The summed E-state index contributed by atoms with van der Waals surface area (Å²) in [5.41, 5.74) is 0.632. The van der Waals surface area contributed by atoms with E-state index in [9.17, 15) is 8.78 Å². The van der Waals surface area contributed by atoms with Gasteiger partial charge in [-0.15, -0.1) is 0 Å². The third-order valence-corrected chi connectivity index (χ3v) is 3.06. The lowest BCUT2D eigenvalue weighted by Gasteiger charge is -2.12. The maximum Gasteiger partial charge on any atom is 0.387 e. The summed E-state index contributed by atoms with van der Waals surface area (Å²) in [7, 11) is 1.39. The summed E-state index contributed by atoms with van der Waals surface area (Å²) in [6, 6.07) is 8.42. The average Bonchev–Trinajstić information content (AvgIpc) is 2.82. The van der Waals surface area contributed by atoms with Gasteiger partial charge < -0.3 is 19.2 Å². The average molecular weight is 395 g/mol. The molecule has 1 aromatic heterocycles. The highest BCUT2D eigenvalue weighted by molar-refractivity contribution is 14.1. The van der Waals surface area contributed by atoms with E-state index in [2.05, 4.69) is 32.6 Å². The van der Waals surface area contributed by atoms with Crippen LogP contribution < -0.4 is 14.8 Å². The maximum absolute atomic E-state index is 12.3. The highest BCUT2D eigenvalue weighted by Crippen LogP contribution is 2.31. The second-order valence-corrected chi connectivity index (χ2v) is 4.87. The molecule has 0 spiro atoms. The Morgan fingerprint density at radius 2 is 2.05 bits per heavy atom. The van der Waals surface area contributed by atoms with Gasteiger partial charge in [-0.25, -0.2) is 0 Å². The number of hydrogen-bond donors (Lipinski definition) is 1. The number of ether oxygens (including phenoxy) is 2. The second kappa shape index (κ2) is 6.78. The number of anilines is 1. The van der Waals surface area contributed by atoms with E-state index in [4.69, 9.17) is 9.15 Å². The van der Waals surface area contributed by atoms with Gasteiger partial charge in [0.2, 0.25) is 0 Å². The van der Waals surface area contributed by atoms with Crippen molar-refractivity contribution in [3.05, 3.63) is 39.9 Å². The molecule has 0 aliphatic carbocycles. The molecule has 0 amide bonds. The molecule has 108 valence electrons. The Labute approximate surface area is 128 Å². The number of hydrogen-bond acceptors (Lipinski definition) is 4.